The maximum absolute atomic E-state index is 11.9. The summed E-state index contributed by atoms with van der Waals surface area (Å²) in [6, 6.07) is 1.99. The minimum Gasteiger partial charge on any atom is -0.493 e. The molecule has 0 saturated carbocycles. The molecule has 0 bridgehead atoms. The second-order valence-electron chi connectivity index (χ2n) is 4.44. The van der Waals surface area contributed by atoms with Gasteiger partial charge in [0.05, 0.1) is 6.61 Å². The largest absolute Gasteiger partial charge is 0.493 e. The van der Waals surface area contributed by atoms with Crippen molar-refractivity contribution in [2.24, 2.45) is 0 Å². The van der Waals surface area contributed by atoms with E-state index in [-0.39, 0.29) is 5.78 Å². The Hall–Kier alpha value is -1.31. The molecule has 0 aliphatic rings. The number of carbonyl (C=O) groups excluding carboxylic acids is 1. The van der Waals surface area contributed by atoms with Gasteiger partial charge in [0, 0.05) is 12.0 Å². The molecule has 94 valence electrons. The zero-order valence-corrected chi connectivity index (χ0v) is 11.5. The molecule has 1 rings (SSSR count). The molecular formula is C15H22O2. The predicted molar refractivity (Wildman–Crippen MR) is 71.1 cm³/mol. The van der Waals surface area contributed by atoms with Gasteiger partial charge in [-0.2, -0.15) is 0 Å². The Balaban J connectivity index is 3.21. The van der Waals surface area contributed by atoms with Gasteiger partial charge in [-0.15, -0.1) is 0 Å². The van der Waals surface area contributed by atoms with E-state index in [1.54, 1.807) is 0 Å². The highest BCUT2D eigenvalue weighted by atomic mass is 16.5. The first-order valence-electron chi connectivity index (χ1n) is 6.29. The molecule has 0 N–H and O–H groups in total. The molecule has 1 aromatic carbocycles. The summed E-state index contributed by atoms with van der Waals surface area (Å²) in [6.45, 7) is 10.7. The Bertz CT molecular complexity index is 419. The lowest BCUT2D eigenvalue weighted by molar-refractivity contribution is 0.0987. The average molecular weight is 234 g/mol. The van der Waals surface area contributed by atoms with Crippen molar-refractivity contribution in [1.29, 1.82) is 0 Å². The van der Waals surface area contributed by atoms with E-state index >= 15 is 0 Å². The summed E-state index contributed by atoms with van der Waals surface area (Å²) in [6.07, 6.45) is 1.55. The lowest BCUT2D eigenvalue weighted by Gasteiger charge is -2.16. The second kappa shape index (κ2) is 5.85. The lowest BCUT2D eigenvalue weighted by atomic mass is 9.93. The summed E-state index contributed by atoms with van der Waals surface area (Å²) in [4.78, 5) is 11.9. The van der Waals surface area contributed by atoms with Crippen LogP contribution in [-0.4, -0.2) is 12.4 Å². The van der Waals surface area contributed by atoms with Crippen LogP contribution in [0.25, 0.3) is 0 Å². The highest BCUT2D eigenvalue weighted by molar-refractivity contribution is 5.99. The summed E-state index contributed by atoms with van der Waals surface area (Å²) in [7, 11) is 0. The fraction of sp³-hybridized carbons (Fsp3) is 0.533. The van der Waals surface area contributed by atoms with Crippen molar-refractivity contribution in [3.8, 4) is 5.75 Å². The molecule has 17 heavy (non-hydrogen) atoms. The quantitative estimate of drug-likeness (QED) is 0.720. The molecule has 0 aliphatic carbocycles. The summed E-state index contributed by atoms with van der Waals surface area (Å²) >= 11 is 0. The van der Waals surface area contributed by atoms with Gasteiger partial charge < -0.3 is 4.74 Å². The first kappa shape index (κ1) is 13.8. The van der Waals surface area contributed by atoms with Gasteiger partial charge >= 0.3 is 0 Å². The number of aryl methyl sites for hydroxylation is 1. The molecule has 2 nitrogen and oxygen atoms in total. The number of carbonyl (C=O) groups is 1. The molecule has 0 radical (unpaired) electrons. The Labute approximate surface area is 104 Å². The summed E-state index contributed by atoms with van der Waals surface area (Å²) in [5.41, 5.74) is 4.03. The highest BCUT2D eigenvalue weighted by Gasteiger charge is 2.15. The summed E-state index contributed by atoms with van der Waals surface area (Å²) in [5, 5.41) is 0. The fourth-order valence-electron chi connectivity index (χ4n) is 2.01. The molecule has 1 aromatic rings. The van der Waals surface area contributed by atoms with Crippen LogP contribution in [0.5, 0.6) is 5.75 Å². The van der Waals surface area contributed by atoms with Crippen LogP contribution in [0.3, 0.4) is 0 Å². The number of Topliss-reactive ketones (excluding diaryl/α,β-unsaturated/α-hetero) is 1. The van der Waals surface area contributed by atoms with Gasteiger partial charge in [-0.25, -0.2) is 0 Å². The van der Waals surface area contributed by atoms with E-state index in [1.165, 1.54) is 0 Å². The van der Waals surface area contributed by atoms with Crippen LogP contribution in [-0.2, 0) is 0 Å². The number of benzene rings is 1. The van der Waals surface area contributed by atoms with Crippen LogP contribution in [0.1, 0.15) is 53.7 Å². The van der Waals surface area contributed by atoms with Gasteiger partial charge in [-0.3, -0.25) is 4.79 Å². The smallest absolute Gasteiger partial charge is 0.163 e. The van der Waals surface area contributed by atoms with Crippen molar-refractivity contribution in [3.05, 3.63) is 28.3 Å². The maximum Gasteiger partial charge on any atom is 0.163 e. The van der Waals surface area contributed by atoms with E-state index in [4.69, 9.17) is 4.74 Å². The first-order valence-corrected chi connectivity index (χ1v) is 6.29. The Morgan fingerprint density at radius 3 is 2.35 bits per heavy atom. The lowest BCUT2D eigenvalue weighted by Crippen LogP contribution is -2.07. The standard InChI is InChI=1S/C15H22O2/c1-6-8-17-14-9-10(3)15(13(16)7-2)12(5)11(14)4/h9H,6-8H2,1-5H3. The van der Waals surface area contributed by atoms with Crippen LogP contribution in [0, 0.1) is 20.8 Å². The van der Waals surface area contributed by atoms with Crippen molar-refractivity contribution >= 4 is 5.78 Å². The molecule has 0 spiro atoms. The topological polar surface area (TPSA) is 26.3 Å². The predicted octanol–water partition coefficient (Wildman–Crippen LogP) is 3.99. The van der Waals surface area contributed by atoms with E-state index < -0.39 is 0 Å². The zero-order chi connectivity index (χ0) is 13.0. The van der Waals surface area contributed by atoms with Crippen LogP contribution in [0.15, 0.2) is 6.07 Å². The van der Waals surface area contributed by atoms with Crippen LogP contribution in [0.4, 0.5) is 0 Å². The summed E-state index contributed by atoms with van der Waals surface area (Å²) in [5.74, 6) is 1.12. The molecule has 0 aromatic heterocycles. The molecule has 0 atom stereocenters. The van der Waals surface area contributed by atoms with Crippen molar-refractivity contribution in [3.63, 3.8) is 0 Å². The third-order valence-electron chi connectivity index (χ3n) is 3.11. The SMILES string of the molecule is CCCOc1cc(C)c(C(=O)CC)c(C)c1C. The summed E-state index contributed by atoms with van der Waals surface area (Å²) < 4.78 is 5.70. The third-order valence-corrected chi connectivity index (χ3v) is 3.11. The first-order chi connectivity index (χ1) is 8.02. The number of ketones is 1. The Morgan fingerprint density at radius 1 is 1.18 bits per heavy atom. The van der Waals surface area contributed by atoms with Gasteiger partial charge in [0.25, 0.3) is 0 Å². The monoisotopic (exact) mass is 234 g/mol. The molecule has 0 saturated heterocycles. The van der Waals surface area contributed by atoms with Crippen molar-refractivity contribution in [2.75, 3.05) is 6.61 Å². The Kier molecular flexibility index (Phi) is 4.73. The van der Waals surface area contributed by atoms with Crippen LogP contribution < -0.4 is 4.74 Å². The molecule has 2 heteroatoms. The van der Waals surface area contributed by atoms with E-state index in [1.807, 2.05) is 33.8 Å². The maximum atomic E-state index is 11.9. The van der Waals surface area contributed by atoms with E-state index in [0.29, 0.717) is 6.42 Å². The van der Waals surface area contributed by atoms with Gasteiger partial charge in [0.1, 0.15) is 5.75 Å². The number of ether oxygens (including phenoxy) is 1. The number of hydrogen-bond donors (Lipinski definition) is 0. The molecular weight excluding hydrogens is 212 g/mol. The van der Waals surface area contributed by atoms with Gasteiger partial charge in [0.2, 0.25) is 0 Å². The molecule has 0 heterocycles. The number of hydrogen-bond acceptors (Lipinski definition) is 2. The normalized spacial score (nSPS) is 10.4. The van der Waals surface area contributed by atoms with Crippen molar-refractivity contribution in [1.82, 2.24) is 0 Å². The third kappa shape index (κ3) is 2.87. The van der Waals surface area contributed by atoms with Gasteiger partial charge in [0.15, 0.2) is 5.78 Å². The molecule has 0 fully saturated rings. The van der Waals surface area contributed by atoms with E-state index in [0.717, 1.165) is 41.0 Å². The molecule has 0 aliphatic heterocycles. The molecule has 0 unspecified atom stereocenters. The van der Waals surface area contributed by atoms with Crippen molar-refractivity contribution in [2.45, 2.75) is 47.5 Å². The fourth-order valence-corrected chi connectivity index (χ4v) is 2.01. The minimum absolute atomic E-state index is 0.213. The van der Waals surface area contributed by atoms with E-state index in [2.05, 4.69) is 6.92 Å². The average Bonchev–Trinajstić information content (AvgIpc) is 2.31. The van der Waals surface area contributed by atoms with Crippen LogP contribution >= 0.6 is 0 Å². The van der Waals surface area contributed by atoms with Crippen molar-refractivity contribution < 1.29 is 9.53 Å². The van der Waals surface area contributed by atoms with Crippen LogP contribution in [0.2, 0.25) is 0 Å². The van der Waals surface area contributed by atoms with E-state index in [9.17, 15) is 4.79 Å². The second-order valence-corrected chi connectivity index (χ2v) is 4.44. The highest BCUT2D eigenvalue weighted by Crippen LogP contribution is 2.28. The Morgan fingerprint density at radius 2 is 1.82 bits per heavy atom. The van der Waals surface area contributed by atoms with Gasteiger partial charge in [-0.05, 0) is 49.9 Å². The zero-order valence-electron chi connectivity index (χ0n) is 11.5. The van der Waals surface area contributed by atoms with Gasteiger partial charge in [-0.1, -0.05) is 13.8 Å². The molecule has 0 amide bonds. The number of rotatable bonds is 5. The minimum atomic E-state index is 0.213.